The van der Waals surface area contributed by atoms with Gasteiger partial charge in [0.1, 0.15) is 11.2 Å². The lowest BCUT2D eigenvalue weighted by molar-refractivity contribution is 0.650. The third kappa shape index (κ3) is 2.58. The highest BCUT2D eigenvalue weighted by molar-refractivity contribution is 6.29. The van der Waals surface area contributed by atoms with Gasteiger partial charge in [-0.2, -0.15) is 0 Å². The van der Waals surface area contributed by atoms with Crippen molar-refractivity contribution >= 4 is 65.6 Å². The van der Waals surface area contributed by atoms with Gasteiger partial charge in [0.2, 0.25) is 0 Å². The molecular formula is C39H26N2O. The summed E-state index contributed by atoms with van der Waals surface area (Å²) < 4.78 is 11.5. The fourth-order valence-corrected chi connectivity index (χ4v) is 7.88. The summed E-state index contributed by atoms with van der Waals surface area (Å²) in [5, 5.41) is 7.57. The van der Waals surface area contributed by atoms with Crippen LogP contribution in [0.15, 0.2) is 126 Å². The molecule has 1 aliphatic carbocycles. The normalized spacial score (nSPS) is 14.1. The van der Waals surface area contributed by atoms with Crippen LogP contribution in [0, 0.1) is 0 Å². The van der Waals surface area contributed by atoms with Gasteiger partial charge < -0.3 is 13.6 Å². The Morgan fingerprint density at radius 2 is 1.10 bits per heavy atom. The molecule has 0 aliphatic heterocycles. The van der Waals surface area contributed by atoms with E-state index in [-0.39, 0.29) is 5.41 Å². The molecule has 0 amide bonds. The van der Waals surface area contributed by atoms with Crippen molar-refractivity contribution in [3.05, 3.63) is 132 Å². The van der Waals surface area contributed by atoms with Gasteiger partial charge in [-0.3, -0.25) is 0 Å². The van der Waals surface area contributed by atoms with Gasteiger partial charge in [0, 0.05) is 38.3 Å². The Kier molecular flexibility index (Phi) is 4.01. The summed E-state index contributed by atoms with van der Waals surface area (Å²) in [4.78, 5) is 0. The molecule has 0 fully saturated rings. The molecule has 0 unspecified atom stereocenters. The lowest BCUT2D eigenvalue weighted by atomic mass is 9.81. The molecule has 6 aromatic carbocycles. The van der Waals surface area contributed by atoms with Gasteiger partial charge in [0.25, 0.3) is 0 Å². The monoisotopic (exact) mass is 538 g/mol. The van der Waals surface area contributed by atoms with Crippen molar-refractivity contribution in [1.29, 1.82) is 0 Å². The molecule has 0 saturated carbocycles. The van der Waals surface area contributed by atoms with Crippen LogP contribution in [-0.2, 0) is 5.41 Å². The maximum absolute atomic E-state index is 6.74. The van der Waals surface area contributed by atoms with Crippen molar-refractivity contribution in [3.63, 3.8) is 0 Å². The van der Waals surface area contributed by atoms with Crippen molar-refractivity contribution in [2.45, 2.75) is 19.3 Å². The van der Waals surface area contributed by atoms with Gasteiger partial charge in [-0.05, 0) is 77.2 Å². The fraction of sp³-hybridized carbons (Fsp3) is 0.0769. The molecule has 3 nitrogen and oxygen atoms in total. The van der Waals surface area contributed by atoms with Crippen LogP contribution >= 0.6 is 0 Å². The van der Waals surface area contributed by atoms with E-state index >= 15 is 0 Å². The minimum atomic E-state index is -0.0862. The second-order valence-corrected chi connectivity index (χ2v) is 12.2. The van der Waals surface area contributed by atoms with Crippen LogP contribution < -0.4 is 0 Å². The van der Waals surface area contributed by atoms with E-state index in [4.69, 9.17) is 4.42 Å². The molecule has 3 aromatic heterocycles. The van der Waals surface area contributed by atoms with Gasteiger partial charge >= 0.3 is 0 Å². The zero-order chi connectivity index (χ0) is 27.7. The zero-order valence-electron chi connectivity index (χ0n) is 23.3. The average molecular weight is 539 g/mol. The third-order valence-corrected chi connectivity index (χ3v) is 9.69. The number of aromatic nitrogens is 2. The minimum absolute atomic E-state index is 0.0862. The van der Waals surface area contributed by atoms with Crippen molar-refractivity contribution in [1.82, 2.24) is 9.13 Å². The SMILES string of the molecule is CC1(C)c2cccc3oc4cccc5c4c4c(c1ccc4n5-c1ccc4c(c1)c1ccccc1n4-c1ccccc1)c23. The van der Waals surface area contributed by atoms with E-state index < -0.39 is 0 Å². The summed E-state index contributed by atoms with van der Waals surface area (Å²) >= 11 is 0. The molecule has 0 bridgehead atoms. The Labute approximate surface area is 241 Å². The van der Waals surface area contributed by atoms with Crippen molar-refractivity contribution < 1.29 is 4.42 Å². The molecule has 10 rings (SSSR count). The summed E-state index contributed by atoms with van der Waals surface area (Å²) in [7, 11) is 0. The molecule has 9 aromatic rings. The second-order valence-electron chi connectivity index (χ2n) is 12.2. The maximum Gasteiger partial charge on any atom is 0.137 e. The Morgan fingerprint density at radius 3 is 1.98 bits per heavy atom. The molecule has 0 atom stereocenters. The van der Waals surface area contributed by atoms with Gasteiger partial charge in [-0.15, -0.1) is 0 Å². The molecule has 3 heterocycles. The van der Waals surface area contributed by atoms with E-state index in [0.717, 1.165) is 16.9 Å². The molecule has 3 heteroatoms. The molecule has 1 aliphatic rings. The van der Waals surface area contributed by atoms with Crippen LogP contribution in [0.3, 0.4) is 0 Å². The molecule has 0 radical (unpaired) electrons. The first-order valence-electron chi connectivity index (χ1n) is 14.6. The highest BCUT2D eigenvalue weighted by Crippen LogP contribution is 2.52. The Bertz CT molecular complexity index is 2590. The van der Waals surface area contributed by atoms with E-state index in [2.05, 4.69) is 144 Å². The Hall–Kier alpha value is -5.28. The number of nitrogens with zero attached hydrogens (tertiary/aromatic N) is 2. The van der Waals surface area contributed by atoms with E-state index in [0.29, 0.717) is 0 Å². The lowest BCUT2D eigenvalue weighted by Crippen LogP contribution is -2.15. The van der Waals surface area contributed by atoms with Gasteiger partial charge in [-0.1, -0.05) is 74.5 Å². The number of rotatable bonds is 2. The Balaban J connectivity index is 1.36. The standard InChI is InChI=1S/C39H26N2O/c1-39(2)27-13-8-16-33-35(27)36-28(39)19-21-32-38(36)37-31(15-9-17-34(37)42-33)41(32)24-18-20-30-26(22-24)25-12-6-7-14-29(25)40(30)23-10-4-3-5-11-23/h3-22H,1-2H3. The van der Waals surface area contributed by atoms with Crippen LogP contribution in [0.4, 0.5) is 0 Å². The number of benzene rings is 6. The van der Waals surface area contributed by atoms with E-state index in [1.165, 1.54) is 71.2 Å². The smallest absolute Gasteiger partial charge is 0.137 e. The second kappa shape index (κ2) is 7.51. The summed E-state index contributed by atoms with van der Waals surface area (Å²) in [6.07, 6.45) is 0. The van der Waals surface area contributed by atoms with Crippen LogP contribution in [0.25, 0.3) is 76.9 Å². The minimum Gasteiger partial charge on any atom is -0.456 e. The molecule has 0 saturated heterocycles. The van der Waals surface area contributed by atoms with Gasteiger partial charge in [-0.25, -0.2) is 0 Å². The van der Waals surface area contributed by atoms with Crippen molar-refractivity contribution in [3.8, 4) is 11.4 Å². The predicted octanol–water partition coefficient (Wildman–Crippen LogP) is 10.4. The van der Waals surface area contributed by atoms with Crippen LogP contribution in [-0.4, -0.2) is 9.13 Å². The number of hydrogen-bond donors (Lipinski definition) is 0. The number of para-hydroxylation sites is 2. The first kappa shape index (κ1) is 22.4. The van der Waals surface area contributed by atoms with Crippen LogP contribution in [0.1, 0.15) is 25.0 Å². The third-order valence-electron chi connectivity index (χ3n) is 9.69. The number of hydrogen-bond acceptors (Lipinski definition) is 1. The van der Waals surface area contributed by atoms with E-state index in [9.17, 15) is 0 Å². The highest BCUT2D eigenvalue weighted by atomic mass is 16.3. The van der Waals surface area contributed by atoms with Gasteiger partial charge in [0.05, 0.1) is 27.5 Å². The zero-order valence-corrected chi connectivity index (χ0v) is 23.3. The Morgan fingerprint density at radius 1 is 0.452 bits per heavy atom. The molecular weight excluding hydrogens is 512 g/mol. The summed E-state index contributed by atoms with van der Waals surface area (Å²) in [6, 6.07) is 44.0. The average Bonchev–Trinajstić information content (AvgIpc) is 3.57. The summed E-state index contributed by atoms with van der Waals surface area (Å²) in [5.41, 5.74) is 11.6. The quantitative estimate of drug-likeness (QED) is 0.215. The highest BCUT2D eigenvalue weighted by Gasteiger charge is 2.36. The molecule has 198 valence electrons. The maximum atomic E-state index is 6.74. The topological polar surface area (TPSA) is 23.0 Å². The molecule has 0 spiro atoms. The lowest BCUT2D eigenvalue weighted by Gasteiger charge is -2.22. The number of fused-ring (bicyclic) bond motifs is 3. The van der Waals surface area contributed by atoms with Crippen molar-refractivity contribution in [2.24, 2.45) is 0 Å². The molecule has 0 N–H and O–H groups in total. The molecule has 42 heavy (non-hydrogen) atoms. The van der Waals surface area contributed by atoms with Crippen LogP contribution in [0.2, 0.25) is 0 Å². The predicted molar refractivity (Wildman–Crippen MR) is 175 cm³/mol. The first-order chi connectivity index (χ1) is 20.6. The van der Waals surface area contributed by atoms with Crippen molar-refractivity contribution in [2.75, 3.05) is 0 Å². The largest absolute Gasteiger partial charge is 0.456 e. The van der Waals surface area contributed by atoms with E-state index in [1.54, 1.807) is 0 Å². The summed E-state index contributed by atoms with van der Waals surface area (Å²) in [6.45, 7) is 4.68. The van der Waals surface area contributed by atoms with E-state index in [1.807, 2.05) is 0 Å². The first-order valence-corrected chi connectivity index (χ1v) is 14.6. The van der Waals surface area contributed by atoms with Crippen LogP contribution in [0.5, 0.6) is 0 Å². The fourth-order valence-electron chi connectivity index (χ4n) is 7.88. The van der Waals surface area contributed by atoms with Gasteiger partial charge in [0.15, 0.2) is 0 Å². The summed E-state index contributed by atoms with van der Waals surface area (Å²) in [5.74, 6) is 0.